The van der Waals surface area contributed by atoms with Crippen molar-refractivity contribution in [1.82, 2.24) is 4.90 Å². The van der Waals surface area contributed by atoms with E-state index in [1.807, 2.05) is 19.9 Å². The van der Waals surface area contributed by atoms with Crippen molar-refractivity contribution in [2.45, 2.75) is 44.2 Å². The van der Waals surface area contributed by atoms with Crippen LogP contribution in [-0.2, 0) is 26.2 Å². The van der Waals surface area contributed by atoms with Crippen LogP contribution in [0.15, 0.2) is 53.4 Å². The Morgan fingerprint density at radius 1 is 1.16 bits per heavy atom. The van der Waals surface area contributed by atoms with Crippen LogP contribution in [0.4, 0.5) is 0 Å². The summed E-state index contributed by atoms with van der Waals surface area (Å²) in [5.74, 6) is 0.647. The lowest BCUT2D eigenvalue weighted by atomic mass is 10.1. The SMILES string of the molecule is COc1ccc(S(=O)(=O)Oc2cccc(CN(CC3CCCO3)C(=O)C(C)C)c2)cc1. The first-order chi connectivity index (χ1) is 14.8. The van der Waals surface area contributed by atoms with E-state index in [1.54, 1.807) is 35.2 Å². The van der Waals surface area contributed by atoms with Crippen LogP contribution in [0.25, 0.3) is 0 Å². The van der Waals surface area contributed by atoms with Gasteiger partial charge in [-0.1, -0.05) is 26.0 Å². The number of nitrogens with zero attached hydrogens (tertiary/aromatic N) is 1. The molecule has 1 saturated heterocycles. The van der Waals surface area contributed by atoms with Gasteiger partial charge in [0.05, 0.1) is 13.2 Å². The molecule has 1 aliphatic rings. The van der Waals surface area contributed by atoms with Crippen LogP contribution >= 0.6 is 0 Å². The highest BCUT2D eigenvalue weighted by atomic mass is 32.2. The maximum Gasteiger partial charge on any atom is 0.339 e. The Bertz CT molecular complexity index is 981. The zero-order valence-electron chi connectivity index (χ0n) is 18.1. The minimum Gasteiger partial charge on any atom is -0.497 e. The number of hydrogen-bond acceptors (Lipinski definition) is 6. The molecule has 1 heterocycles. The second kappa shape index (κ2) is 10.2. The number of ether oxygens (including phenoxy) is 2. The Hall–Kier alpha value is -2.58. The summed E-state index contributed by atoms with van der Waals surface area (Å²) in [7, 11) is -2.48. The fourth-order valence-electron chi connectivity index (χ4n) is 3.46. The molecular formula is C23H29NO6S. The van der Waals surface area contributed by atoms with Crippen molar-refractivity contribution in [3.8, 4) is 11.5 Å². The van der Waals surface area contributed by atoms with E-state index < -0.39 is 10.1 Å². The summed E-state index contributed by atoms with van der Waals surface area (Å²) < 4.78 is 41.3. The van der Waals surface area contributed by atoms with Gasteiger partial charge < -0.3 is 18.6 Å². The molecule has 0 spiro atoms. The zero-order valence-corrected chi connectivity index (χ0v) is 18.9. The largest absolute Gasteiger partial charge is 0.497 e. The van der Waals surface area contributed by atoms with Crippen molar-refractivity contribution in [3.05, 3.63) is 54.1 Å². The highest BCUT2D eigenvalue weighted by Gasteiger charge is 2.24. The fourth-order valence-corrected chi connectivity index (χ4v) is 4.39. The summed E-state index contributed by atoms with van der Waals surface area (Å²) in [4.78, 5) is 14.5. The predicted octanol–water partition coefficient (Wildman–Crippen LogP) is 3.63. The summed E-state index contributed by atoms with van der Waals surface area (Å²) >= 11 is 0. The molecule has 1 atom stereocenters. The second-order valence-corrected chi connectivity index (χ2v) is 9.42. The Labute approximate surface area is 184 Å². The van der Waals surface area contributed by atoms with Gasteiger partial charge in [-0.3, -0.25) is 4.79 Å². The quantitative estimate of drug-likeness (QED) is 0.546. The minimum atomic E-state index is -3.99. The predicted molar refractivity (Wildman–Crippen MR) is 116 cm³/mol. The highest BCUT2D eigenvalue weighted by molar-refractivity contribution is 7.87. The number of benzene rings is 2. The average molecular weight is 448 g/mol. The Morgan fingerprint density at radius 3 is 2.52 bits per heavy atom. The molecule has 1 amide bonds. The lowest BCUT2D eigenvalue weighted by Gasteiger charge is -2.27. The number of methoxy groups -OCH3 is 1. The van der Waals surface area contributed by atoms with Gasteiger partial charge in [-0.25, -0.2) is 0 Å². The maximum absolute atomic E-state index is 12.7. The van der Waals surface area contributed by atoms with E-state index >= 15 is 0 Å². The normalized spacial score (nSPS) is 16.3. The van der Waals surface area contributed by atoms with E-state index in [4.69, 9.17) is 13.7 Å². The molecule has 1 aliphatic heterocycles. The van der Waals surface area contributed by atoms with Crippen molar-refractivity contribution >= 4 is 16.0 Å². The molecule has 7 nitrogen and oxygen atoms in total. The van der Waals surface area contributed by atoms with E-state index in [1.165, 1.54) is 19.2 Å². The molecule has 31 heavy (non-hydrogen) atoms. The van der Waals surface area contributed by atoms with Crippen LogP contribution in [-0.4, -0.2) is 45.6 Å². The molecule has 0 aliphatic carbocycles. The zero-order chi connectivity index (χ0) is 22.4. The summed E-state index contributed by atoms with van der Waals surface area (Å²) in [6.45, 7) is 5.33. The molecule has 0 saturated carbocycles. The van der Waals surface area contributed by atoms with E-state index in [2.05, 4.69) is 0 Å². The van der Waals surface area contributed by atoms with Crippen molar-refractivity contribution in [1.29, 1.82) is 0 Å². The third-order valence-electron chi connectivity index (χ3n) is 5.08. The fraction of sp³-hybridized carbons (Fsp3) is 0.435. The van der Waals surface area contributed by atoms with Gasteiger partial charge in [0.15, 0.2) is 0 Å². The van der Waals surface area contributed by atoms with E-state index in [0.29, 0.717) is 18.8 Å². The molecule has 0 aromatic heterocycles. The molecule has 0 radical (unpaired) electrons. The smallest absolute Gasteiger partial charge is 0.339 e. The van der Waals surface area contributed by atoms with Gasteiger partial charge in [-0.2, -0.15) is 8.42 Å². The van der Waals surface area contributed by atoms with Crippen molar-refractivity contribution in [2.75, 3.05) is 20.3 Å². The first-order valence-electron chi connectivity index (χ1n) is 10.4. The molecule has 0 bridgehead atoms. The van der Waals surface area contributed by atoms with Crippen LogP contribution < -0.4 is 8.92 Å². The van der Waals surface area contributed by atoms with E-state index in [-0.39, 0.29) is 28.6 Å². The lowest BCUT2D eigenvalue weighted by Crippen LogP contribution is -2.39. The molecule has 1 fully saturated rings. The first kappa shape index (κ1) is 23.1. The van der Waals surface area contributed by atoms with Crippen molar-refractivity contribution in [2.24, 2.45) is 5.92 Å². The molecule has 2 aromatic carbocycles. The molecule has 8 heteroatoms. The van der Waals surface area contributed by atoms with Gasteiger partial charge in [0, 0.05) is 25.6 Å². The van der Waals surface area contributed by atoms with Crippen molar-refractivity contribution in [3.63, 3.8) is 0 Å². The monoisotopic (exact) mass is 447 g/mol. The van der Waals surface area contributed by atoms with Crippen LogP contribution in [0, 0.1) is 5.92 Å². The number of rotatable bonds is 9. The summed E-state index contributed by atoms with van der Waals surface area (Å²) in [6.07, 6.45) is 1.98. The number of amides is 1. The standard InChI is InChI=1S/C23H29NO6S/c1-17(2)23(25)24(16-21-8-5-13-29-21)15-18-6-4-7-20(14-18)30-31(26,27)22-11-9-19(28-3)10-12-22/h4,6-7,9-12,14,17,21H,5,8,13,15-16H2,1-3H3. The van der Waals surface area contributed by atoms with Gasteiger partial charge >= 0.3 is 10.1 Å². The Balaban J connectivity index is 1.74. The lowest BCUT2D eigenvalue weighted by molar-refractivity contribution is -0.136. The Morgan fingerprint density at radius 2 is 1.90 bits per heavy atom. The van der Waals surface area contributed by atoms with Crippen LogP contribution in [0.5, 0.6) is 11.5 Å². The molecule has 1 unspecified atom stereocenters. The highest BCUT2D eigenvalue weighted by Crippen LogP contribution is 2.23. The average Bonchev–Trinajstić information content (AvgIpc) is 3.26. The minimum absolute atomic E-state index is 0.0349. The number of hydrogen-bond donors (Lipinski definition) is 0. The van der Waals surface area contributed by atoms with Crippen LogP contribution in [0.1, 0.15) is 32.3 Å². The molecule has 0 N–H and O–H groups in total. The van der Waals surface area contributed by atoms with Gasteiger partial charge in [-0.15, -0.1) is 0 Å². The topological polar surface area (TPSA) is 82.1 Å². The maximum atomic E-state index is 12.7. The summed E-state index contributed by atoms with van der Waals surface area (Å²) in [5.41, 5.74) is 0.787. The molecule has 3 rings (SSSR count). The van der Waals surface area contributed by atoms with Gasteiger partial charge in [-0.05, 0) is 54.8 Å². The van der Waals surface area contributed by atoms with Gasteiger partial charge in [0.25, 0.3) is 0 Å². The van der Waals surface area contributed by atoms with Crippen LogP contribution in [0.3, 0.4) is 0 Å². The van der Waals surface area contributed by atoms with Crippen molar-refractivity contribution < 1.29 is 26.9 Å². The van der Waals surface area contributed by atoms with E-state index in [9.17, 15) is 13.2 Å². The molecule has 168 valence electrons. The van der Waals surface area contributed by atoms with E-state index in [0.717, 1.165) is 25.0 Å². The van der Waals surface area contributed by atoms with Gasteiger partial charge in [0.1, 0.15) is 16.4 Å². The first-order valence-corrected chi connectivity index (χ1v) is 11.8. The Kier molecular flexibility index (Phi) is 7.56. The van der Waals surface area contributed by atoms with Crippen LogP contribution in [0.2, 0.25) is 0 Å². The summed E-state index contributed by atoms with van der Waals surface area (Å²) in [6, 6.07) is 12.8. The third kappa shape index (κ3) is 6.21. The summed E-state index contributed by atoms with van der Waals surface area (Å²) in [5, 5.41) is 0. The molecule has 2 aromatic rings. The third-order valence-corrected chi connectivity index (χ3v) is 6.34. The van der Waals surface area contributed by atoms with Gasteiger partial charge in [0.2, 0.25) is 5.91 Å². The number of carbonyl (C=O) groups is 1. The molecular weight excluding hydrogens is 418 g/mol. The second-order valence-electron chi connectivity index (χ2n) is 7.87. The number of carbonyl (C=O) groups excluding carboxylic acids is 1.